The molecule has 1 aromatic rings. The molecular formula is C12H20N2O. The Bertz CT molecular complexity index is 271. The van der Waals surface area contributed by atoms with Gasteiger partial charge in [0.25, 0.3) is 0 Å². The van der Waals surface area contributed by atoms with Crippen molar-refractivity contribution in [3.63, 3.8) is 0 Å². The lowest BCUT2D eigenvalue weighted by Gasteiger charge is -2.19. The van der Waals surface area contributed by atoms with E-state index in [9.17, 15) is 0 Å². The standard InChI is InChI=1S/C12H20N2O/c1-3-15-10-4-9-14(2)12-7-5-11(13)6-8-12/h5-8H,3-4,9-10,13H2,1-2H3. The molecule has 0 aliphatic rings. The van der Waals surface area contributed by atoms with Crippen LogP contribution >= 0.6 is 0 Å². The van der Waals surface area contributed by atoms with Gasteiger partial charge in [-0.2, -0.15) is 0 Å². The van der Waals surface area contributed by atoms with Crippen LogP contribution < -0.4 is 10.6 Å². The second-order valence-electron chi connectivity index (χ2n) is 3.56. The van der Waals surface area contributed by atoms with Crippen LogP contribution in [0.5, 0.6) is 0 Å². The van der Waals surface area contributed by atoms with Crippen LogP contribution in [-0.4, -0.2) is 26.8 Å². The smallest absolute Gasteiger partial charge is 0.0482 e. The van der Waals surface area contributed by atoms with Gasteiger partial charge < -0.3 is 15.4 Å². The third kappa shape index (κ3) is 4.21. The van der Waals surface area contributed by atoms with E-state index in [0.29, 0.717) is 0 Å². The Hall–Kier alpha value is -1.22. The first-order chi connectivity index (χ1) is 7.24. The summed E-state index contributed by atoms with van der Waals surface area (Å²) in [4.78, 5) is 2.21. The van der Waals surface area contributed by atoms with Gasteiger partial charge in [-0.05, 0) is 37.6 Å². The van der Waals surface area contributed by atoms with Gasteiger partial charge in [-0.3, -0.25) is 0 Å². The molecule has 0 radical (unpaired) electrons. The Kier molecular flexibility index (Phi) is 4.98. The van der Waals surface area contributed by atoms with Crippen LogP contribution in [0.3, 0.4) is 0 Å². The van der Waals surface area contributed by atoms with Crippen LogP contribution in [0, 0.1) is 0 Å². The van der Waals surface area contributed by atoms with E-state index in [4.69, 9.17) is 10.5 Å². The number of anilines is 2. The lowest BCUT2D eigenvalue weighted by atomic mass is 10.2. The number of nitrogens with zero attached hydrogens (tertiary/aromatic N) is 1. The molecule has 84 valence electrons. The minimum atomic E-state index is 0.797. The third-order valence-corrected chi connectivity index (χ3v) is 2.32. The summed E-state index contributed by atoms with van der Waals surface area (Å²) >= 11 is 0. The normalized spacial score (nSPS) is 10.3. The summed E-state index contributed by atoms with van der Waals surface area (Å²) in [5.74, 6) is 0. The van der Waals surface area contributed by atoms with Crippen molar-refractivity contribution in [1.29, 1.82) is 0 Å². The SMILES string of the molecule is CCOCCCN(C)c1ccc(N)cc1. The Morgan fingerprint density at radius 2 is 1.93 bits per heavy atom. The number of benzene rings is 1. The number of ether oxygens (including phenoxy) is 1. The number of nitrogen functional groups attached to an aromatic ring is 1. The van der Waals surface area contributed by atoms with Crippen LogP contribution in [0.15, 0.2) is 24.3 Å². The highest BCUT2D eigenvalue weighted by molar-refractivity contribution is 5.52. The molecule has 3 nitrogen and oxygen atoms in total. The van der Waals surface area contributed by atoms with Crippen molar-refractivity contribution in [2.24, 2.45) is 0 Å². The molecule has 0 amide bonds. The van der Waals surface area contributed by atoms with Gasteiger partial charge in [0.1, 0.15) is 0 Å². The summed E-state index contributed by atoms with van der Waals surface area (Å²) in [5, 5.41) is 0. The molecule has 0 aliphatic heterocycles. The van der Waals surface area contributed by atoms with Gasteiger partial charge >= 0.3 is 0 Å². The molecule has 0 saturated heterocycles. The molecule has 0 bridgehead atoms. The second kappa shape index (κ2) is 6.30. The number of nitrogens with two attached hydrogens (primary N) is 1. The molecule has 0 unspecified atom stereocenters. The van der Waals surface area contributed by atoms with Crippen LogP contribution in [0.25, 0.3) is 0 Å². The van der Waals surface area contributed by atoms with E-state index in [-0.39, 0.29) is 0 Å². The van der Waals surface area contributed by atoms with Gasteiger partial charge in [0.05, 0.1) is 0 Å². The summed E-state index contributed by atoms with van der Waals surface area (Å²) in [6, 6.07) is 7.93. The number of hydrogen-bond donors (Lipinski definition) is 1. The minimum Gasteiger partial charge on any atom is -0.399 e. The highest BCUT2D eigenvalue weighted by atomic mass is 16.5. The quantitative estimate of drug-likeness (QED) is 0.575. The maximum Gasteiger partial charge on any atom is 0.0482 e. The zero-order valence-corrected chi connectivity index (χ0v) is 9.57. The molecule has 1 aromatic carbocycles. The molecular weight excluding hydrogens is 188 g/mol. The Morgan fingerprint density at radius 1 is 1.27 bits per heavy atom. The van der Waals surface area contributed by atoms with Crippen molar-refractivity contribution < 1.29 is 4.74 Å². The summed E-state index contributed by atoms with van der Waals surface area (Å²) in [5.41, 5.74) is 7.63. The zero-order chi connectivity index (χ0) is 11.1. The molecule has 0 spiro atoms. The molecule has 15 heavy (non-hydrogen) atoms. The molecule has 0 aromatic heterocycles. The van der Waals surface area contributed by atoms with Gasteiger partial charge in [0, 0.05) is 38.2 Å². The van der Waals surface area contributed by atoms with Crippen molar-refractivity contribution in [2.45, 2.75) is 13.3 Å². The first-order valence-electron chi connectivity index (χ1n) is 5.38. The molecule has 2 N–H and O–H groups in total. The van der Waals surface area contributed by atoms with E-state index in [1.54, 1.807) is 0 Å². The van der Waals surface area contributed by atoms with E-state index in [0.717, 1.165) is 31.9 Å². The van der Waals surface area contributed by atoms with E-state index in [1.165, 1.54) is 5.69 Å². The van der Waals surface area contributed by atoms with Gasteiger partial charge in [0.15, 0.2) is 0 Å². The summed E-state index contributed by atoms with van der Waals surface area (Å²) in [7, 11) is 2.08. The lowest BCUT2D eigenvalue weighted by Crippen LogP contribution is -2.19. The summed E-state index contributed by atoms with van der Waals surface area (Å²) in [6.07, 6.45) is 1.05. The number of rotatable bonds is 6. The maximum atomic E-state index is 5.63. The van der Waals surface area contributed by atoms with Crippen molar-refractivity contribution in [1.82, 2.24) is 0 Å². The largest absolute Gasteiger partial charge is 0.399 e. The molecule has 0 aliphatic carbocycles. The zero-order valence-electron chi connectivity index (χ0n) is 9.57. The van der Waals surface area contributed by atoms with Crippen LogP contribution in [0.4, 0.5) is 11.4 Å². The third-order valence-electron chi connectivity index (χ3n) is 2.32. The van der Waals surface area contributed by atoms with Crippen LogP contribution in [0.1, 0.15) is 13.3 Å². The Balaban J connectivity index is 2.33. The second-order valence-corrected chi connectivity index (χ2v) is 3.56. The fourth-order valence-corrected chi connectivity index (χ4v) is 1.41. The van der Waals surface area contributed by atoms with Crippen LogP contribution in [0.2, 0.25) is 0 Å². The van der Waals surface area contributed by atoms with Crippen molar-refractivity contribution in [2.75, 3.05) is 37.4 Å². The molecule has 1 rings (SSSR count). The number of hydrogen-bond acceptors (Lipinski definition) is 3. The van der Waals surface area contributed by atoms with E-state index in [2.05, 4.69) is 11.9 Å². The molecule has 0 atom stereocenters. The molecule has 0 heterocycles. The highest BCUT2D eigenvalue weighted by Crippen LogP contribution is 2.14. The fraction of sp³-hybridized carbons (Fsp3) is 0.500. The Labute approximate surface area is 91.8 Å². The first kappa shape index (κ1) is 11.9. The van der Waals surface area contributed by atoms with E-state index >= 15 is 0 Å². The average Bonchev–Trinajstić information content (AvgIpc) is 2.25. The van der Waals surface area contributed by atoms with E-state index in [1.807, 2.05) is 31.2 Å². The Morgan fingerprint density at radius 3 is 2.53 bits per heavy atom. The minimum absolute atomic E-state index is 0.797. The molecule has 3 heteroatoms. The molecule has 0 saturated carbocycles. The van der Waals surface area contributed by atoms with Crippen LogP contribution in [-0.2, 0) is 4.74 Å². The van der Waals surface area contributed by atoms with Gasteiger partial charge in [-0.1, -0.05) is 0 Å². The average molecular weight is 208 g/mol. The highest BCUT2D eigenvalue weighted by Gasteiger charge is 1.99. The van der Waals surface area contributed by atoms with Crippen molar-refractivity contribution in [3.05, 3.63) is 24.3 Å². The van der Waals surface area contributed by atoms with Crippen molar-refractivity contribution >= 4 is 11.4 Å². The predicted octanol–water partition coefficient (Wildman–Crippen LogP) is 2.13. The summed E-state index contributed by atoms with van der Waals surface area (Å²) < 4.78 is 5.29. The van der Waals surface area contributed by atoms with Gasteiger partial charge in [-0.25, -0.2) is 0 Å². The summed E-state index contributed by atoms with van der Waals surface area (Å²) in [6.45, 7) is 4.65. The van der Waals surface area contributed by atoms with Crippen molar-refractivity contribution in [3.8, 4) is 0 Å². The van der Waals surface area contributed by atoms with Gasteiger partial charge in [-0.15, -0.1) is 0 Å². The van der Waals surface area contributed by atoms with E-state index < -0.39 is 0 Å². The van der Waals surface area contributed by atoms with Gasteiger partial charge in [0.2, 0.25) is 0 Å². The topological polar surface area (TPSA) is 38.5 Å². The maximum absolute atomic E-state index is 5.63. The predicted molar refractivity (Wildman–Crippen MR) is 65.2 cm³/mol. The molecule has 0 fully saturated rings. The first-order valence-corrected chi connectivity index (χ1v) is 5.38. The monoisotopic (exact) mass is 208 g/mol. The lowest BCUT2D eigenvalue weighted by molar-refractivity contribution is 0.146. The fourth-order valence-electron chi connectivity index (χ4n) is 1.41.